The molecule has 1 aliphatic heterocycles. The van der Waals surface area contributed by atoms with Crippen LogP contribution in [-0.2, 0) is 9.53 Å². The van der Waals surface area contributed by atoms with E-state index in [9.17, 15) is 4.79 Å². The van der Waals surface area contributed by atoms with E-state index in [0.717, 1.165) is 38.7 Å². The van der Waals surface area contributed by atoms with Gasteiger partial charge in [-0.05, 0) is 38.1 Å². The second-order valence-electron chi connectivity index (χ2n) is 4.96. The molecule has 2 fully saturated rings. The molecule has 4 nitrogen and oxygen atoms in total. The molecule has 4 heteroatoms. The first-order valence-corrected chi connectivity index (χ1v) is 6.39. The fourth-order valence-corrected chi connectivity index (χ4v) is 2.83. The van der Waals surface area contributed by atoms with Crippen molar-refractivity contribution >= 4 is 5.91 Å². The second-order valence-corrected chi connectivity index (χ2v) is 4.96. The Kier molecular flexibility index (Phi) is 4.18. The minimum atomic E-state index is 0.145. The molecule has 1 saturated heterocycles. The smallest absolute Gasteiger partial charge is 0.223 e. The molecule has 0 spiro atoms. The number of ether oxygens (including phenoxy) is 1. The number of hydrogen-bond acceptors (Lipinski definition) is 3. The Morgan fingerprint density at radius 1 is 1.31 bits per heavy atom. The molecule has 1 unspecified atom stereocenters. The van der Waals surface area contributed by atoms with Crippen molar-refractivity contribution in [3.05, 3.63) is 0 Å². The molecule has 92 valence electrons. The van der Waals surface area contributed by atoms with Gasteiger partial charge in [-0.3, -0.25) is 4.79 Å². The first kappa shape index (κ1) is 11.9. The van der Waals surface area contributed by atoms with E-state index in [0.29, 0.717) is 19.1 Å². The van der Waals surface area contributed by atoms with E-state index in [1.165, 1.54) is 0 Å². The van der Waals surface area contributed by atoms with E-state index in [-0.39, 0.29) is 17.9 Å². The average Bonchev–Trinajstić information content (AvgIpc) is 2.78. The highest BCUT2D eigenvalue weighted by Gasteiger charge is 2.32. The zero-order valence-corrected chi connectivity index (χ0v) is 9.78. The van der Waals surface area contributed by atoms with Gasteiger partial charge in [-0.2, -0.15) is 0 Å². The summed E-state index contributed by atoms with van der Waals surface area (Å²) in [4.78, 5) is 12.1. The maximum atomic E-state index is 12.1. The fourth-order valence-electron chi connectivity index (χ4n) is 2.83. The number of carbonyl (C=O) groups excluding carboxylic acids is 1. The first-order chi connectivity index (χ1) is 7.81. The molecule has 3 atom stereocenters. The van der Waals surface area contributed by atoms with Crippen LogP contribution in [0.3, 0.4) is 0 Å². The second kappa shape index (κ2) is 5.64. The molecule has 0 bridgehead atoms. The van der Waals surface area contributed by atoms with Crippen LogP contribution in [0.5, 0.6) is 0 Å². The number of amides is 1. The number of nitrogens with two attached hydrogens (primary N) is 1. The summed E-state index contributed by atoms with van der Waals surface area (Å²) in [6.45, 7) is 2.15. The Morgan fingerprint density at radius 2 is 2.19 bits per heavy atom. The van der Waals surface area contributed by atoms with Crippen LogP contribution in [0.1, 0.15) is 32.1 Å². The Morgan fingerprint density at radius 3 is 2.88 bits per heavy atom. The van der Waals surface area contributed by atoms with Crippen molar-refractivity contribution in [2.75, 3.05) is 19.8 Å². The Balaban J connectivity index is 1.82. The Labute approximate surface area is 96.9 Å². The Bertz CT molecular complexity index is 239. The van der Waals surface area contributed by atoms with Gasteiger partial charge < -0.3 is 15.8 Å². The van der Waals surface area contributed by atoms with Gasteiger partial charge in [0.2, 0.25) is 5.91 Å². The summed E-state index contributed by atoms with van der Waals surface area (Å²) in [7, 11) is 0. The summed E-state index contributed by atoms with van der Waals surface area (Å²) in [5.41, 5.74) is 5.69. The number of hydrogen-bond donors (Lipinski definition) is 2. The third-order valence-corrected chi connectivity index (χ3v) is 3.81. The van der Waals surface area contributed by atoms with Crippen LogP contribution in [0.4, 0.5) is 0 Å². The van der Waals surface area contributed by atoms with E-state index >= 15 is 0 Å². The molecule has 1 aliphatic carbocycles. The summed E-state index contributed by atoms with van der Waals surface area (Å²) >= 11 is 0. The van der Waals surface area contributed by atoms with E-state index < -0.39 is 0 Å². The van der Waals surface area contributed by atoms with Crippen LogP contribution in [0, 0.1) is 11.8 Å². The minimum Gasteiger partial charge on any atom is -0.379 e. The van der Waals surface area contributed by atoms with Crippen molar-refractivity contribution in [3.8, 4) is 0 Å². The van der Waals surface area contributed by atoms with Gasteiger partial charge in [0.15, 0.2) is 0 Å². The predicted octanol–water partition coefficient (Wildman–Crippen LogP) is 0.657. The lowest BCUT2D eigenvalue weighted by atomic mass is 9.95. The zero-order chi connectivity index (χ0) is 11.4. The lowest BCUT2D eigenvalue weighted by molar-refractivity contribution is -0.127. The lowest BCUT2D eigenvalue weighted by Crippen LogP contribution is -2.44. The first-order valence-electron chi connectivity index (χ1n) is 6.39. The molecular weight excluding hydrogens is 204 g/mol. The van der Waals surface area contributed by atoms with Crippen molar-refractivity contribution in [3.63, 3.8) is 0 Å². The van der Waals surface area contributed by atoms with Crippen LogP contribution in [0.15, 0.2) is 0 Å². The van der Waals surface area contributed by atoms with Crippen LogP contribution >= 0.6 is 0 Å². The molecule has 0 aromatic rings. The average molecular weight is 226 g/mol. The monoisotopic (exact) mass is 226 g/mol. The fraction of sp³-hybridized carbons (Fsp3) is 0.917. The standard InChI is InChI=1S/C12H22N2O2/c13-7-9-3-1-5-11(9)12(15)14-10-4-2-6-16-8-10/h9-11H,1-8,13H2,(H,14,15)/t9-,10?,11-/m1/s1. The van der Waals surface area contributed by atoms with Crippen molar-refractivity contribution < 1.29 is 9.53 Å². The summed E-state index contributed by atoms with van der Waals surface area (Å²) in [6, 6.07) is 0.222. The Hall–Kier alpha value is -0.610. The largest absolute Gasteiger partial charge is 0.379 e. The van der Waals surface area contributed by atoms with Gasteiger partial charge in [-0.15, -0.1) is 0 Å². The van der Waals surface area contributed by atoms with Gasteiger partial charge in [0.1, 0.15) is 0 Å². The van der Waals surface area contributed by atoms with E-state index in [1.54, 1.807) is 0 Å². The van der Waals surface area contributed by atoms with E-state index in [1.807, 2.05) is 0 Å². The molecule has 1 amide bonds. The van der Waals surface area contributed by atoms with Gasteiger partial charge in [0, 0.05) is 12.5 Å². The molecule has 0 aromatic heterocycles. The number of nitrogens with one attached hydrogen (secondary N) is 1. The molecule has 0 aromatic carbocycles. The van der Waals surface area contributed by atoms with Crippen LogP contribution in [-0.4, -0.2) is 31.7 Å². The lowest BCUT2D eigenvalue weighted by Gasteiger charge is -2.26. The quantitative estimate of drug-likeness (QED) is 0.743. The van der Waals surface area contributed by atoms with Gasteiger partial charge in [-0.25, -0.2) is 0 Å². The maximum absolute atomic E-state index is 12.1. The topological polar surface area (TPSA) is 64.4 Å². The zero-order valence-electron chi connectivity index (χ0n) is 9.78. The normalized spacial score (nSPS) is 34.9. The molecule has 1 heterocycles. The highest BCUT2D eigenvalue weighted by atomic mass is 16.5. The van der Waals surface area contributed by atoms with Crippen LogP contribution in [0.2, 0.25) is 0 Å². The number of rotatable bonds is 3. The van der Waals surface area contributed by atoms with E-state index in [4.69, 9.17) is 10.5 Å². The molecule has 0 radical (unpaired) electrons. The molecule has 1 saturated carbocycles. The maximum Gasteiger partial charge on any atom is 0.223 e. The third kappa shape index (κ3) is 2.74. The van der Waals surface area contributed by atoms with Crippen LogP contribution in [0.25, 0.3) is 0 Å². The molecule has 16 heavy (non-hydrogen) atoms. The SMILES string of the molecule is NC[C@H]1CCC[C@H]1C(=O)NC1CCCOC1. The summed E-state index contributed by atoms with van der Waals surface area (Å²) < 4.78 is 5.36. The van der Waals surface area contributed by atoms with Crippen molar-refractivity contribution in [1.82, 2.24) is 5.32 Å². The molecule has 2 aliphatic rings. The van der Waals surface area contributed by atoms with Gasteiger partial charge in [0.05, 0.1) is 12.6 Å². The van der Waals surface area contributed by atoms with Gasteiger partial charge in [0.25, 0.3) is 0 Å². The minimum absolute atomic E-state index is 0.145. The summed E-state index contributed by atoms with van der Waals surface area (Å²) in [5, 5.41) is 3.11. The molecule has 3 N–H and O–H groups in total. The van der Waals surface area contributed by atoms with Gasteiger partial charge >= 0.3 is 0 Å². The van der Waals surface area contributed by atoms with E-state index in [2.05, 4.69) is 5.32 Å². The summed E-state index contributed by atoms with van der Waals surface area (Å²) in [5.74, 6) is 0.736. The van der Waals surface area contributed by atoms with Crippen molar-refractivity contribution in [2.24, 2.45) is 17.6 Å². The van der Waals surface area contributed by atoms with Crippen molar-refractivity contribution in [1.29, 1.82) is 0 Å². The van der Waals surface area contributed by atoms with Gasteiger partial charge in [-0.1, -0.05) is 6.42 Å². The summed E-state index contributed by atoms with van der Waals surface area (Å²) in [6.07, 6.45) is 5.35. The molecular formula is C12H22N2O2. The highest BCUT2D eigenvalue weighted by molar-refractivity contribution is 5.79. The predicted molar refractivity (Wildman–Crippen MR) is 61.9 cm³/mol. The molecule has 2 rings (SSSR count). The van der Waals surface area contributed by atoms with Crippen molar-refractivity contribution in [2.45, 2.75) is 38.1 Å². The highest BCUT2D eigenvalue weighted by Crippen LogP contribution is 2.31. The third-order valence-electron chi connectivity index (χ3n) is 3.81. The van der Waals surface area contributed by atoms with Crippen LogP contribution < -0.4 is 11.1 Å². The number of carbonyl (C=O) groups is 1.